The second-order valence-corrected chi connectivity index (χ2v) is 21.2. The molecule has 0 heterocycles. The molecule has 8 aromatic carbocycles. The van der Waals surface area contributed by atoms with E-state index in [0.29, 0.717) is 20.1 Å². The first-order valence-electron chi connectivity index (χ1n) is 21.4. The van der Waals surface area contributed by atoms with Crippen molar-refractivity contribution in [3.63, 3.8) is 0 Å². The van der Waals surface area contributed by atoms with E-state index in [2.05, 4.69) is 214 Å². The Kier molecular flexibility index (Phi) is 20.1. The standard InChI is InChI=1S/C20H20Br2N2O2.2C18H15P.Ru/c21-15-7-3-5-13(19(15)25)11-23-17-9-1-2-10-18(17)24-12-14-6-4-8-16(22)20(14)26;2*1-4-10-16(11-5-1)19(17-12-6-2-7-13-17)18-14-8-3-9-15-18;/h3-8,11-12,17-18,25-26H,1-2,9-10H2;2*1-15H;/t17-,18-;;;/m1.../s1. The van der Waals surface area contributed by atoms with Gasteiger partial charge in [0.25, 0.3) is 0 Å². The molecule has 1 saturated carbocycles. The first-order valence-corrected chi connectivity index (χ1v) is 25.6. The second-order valence-electron chi connectivity index (χ2n) is 15.0. The quantitative estimate of drug-likeness (QED) is 0.0814. The minimum absolute atomic E-state index is 0. The molecule has 0 bridgehead atoms. The number of para-hydroxylation sites is 2. The van der Waals surface area contributed by atoms with E-state index in [0.717, 1.165) is 25.7 Å². The van der Waals surface area contributed by atoms with Gasteiger partial charge < -0.3 is 10.2 Å². The van der Waals surface area contributed by atoms with E-state index >= 15 is 0 Å². The Morgan fingerprint density at radius 2 is 0.615 bits per heavy atom. The zero-order chi connectivity index (χ0) is 44.4. The molecule has 1 fully saturated rings. The largest absolute Gasteiger partial charge is 0.506 e. The van der Waals surface area contributed by atoms with E-state index in [4.69, 9.17) is 9.98 Å². The molecule has 2 atom stereocenters. The average molecular weight is 1110 g/mol. The summed E-state index contributed by atoms with van der Waals surface area (Å²) in [6.45, 7) is 0. The van der Waals surface area contributed by atoms with Gasteiger partial charge in [0.05, 0.1) is 21.0 Å². The number of aromatic hydroxyl groups is 2. The summed E-state index contributed by atoms with van der Waals surface area (Å²) in [5.74, 6) is 0.400. The molecule has 9 heteroatoms. The number of hydrogen-bond donors (Lipinski definition) is 2. The van der Waals surface area contributed by atoms with E-state index in [1.807, 2.05) is 24.3 Å². The summed E-state index contributed by atoms with van der Waals surface area (Å²) in [5.41, 5.74) is 1.38. The van der Waals surface area contributed by atoms with Crippen molar-refractivity contribution in [2.45, 2.75) is 37.8 Å². The van der Waals surface area contributed by atoms with Gasteiger partial charge >= 0.3 is 0 Å². The number of phenols is 2. The predicted octanol–water partition coefficient (Wildman–Crippen LogP) is 12.4. The molecule has 328 valence electrons. The topological polar surface area (TPSA) is 65.2 Å². The zero-order valence-corrected chi connectivity index (χ0v) is 42.4. The van der Waals surface area contributed by atoms with Crippen LogP contribution < -0.4 is 31.8 Å². The number of aliphatic imine (C=N–C) groups is 2. The molecule has 8 aromatic rings. The first kappa shape index (κ1) is 49.6. The third-order valence-corrected chi connectivity index (χ3v) is 16.8. The Morgan fingerprint density at radius 1 is 0.369 bits per heavy atom. The maximum absolute atomic E-state index is 10.1. The summed E-state index contributed by atoms with van der Waals surface area (Å²) in [6.07, 6.45) is 7.65. The Bertz CT molecular complexity index is 2310. The number of hydrogen-bond acceptors (Lipinski definition) is 4. The predicted molar refractivity (Wildman–Crippen MR) is 283 cm³/mol. The molecule has 0 saturated heterocycles. The van der Waals surface area contributed by atoms with E-state index in [9.17, 15) is 10.2 Å². The van der Waals surface area contributed by atoms with Crippen molar-refractivity contribution in [3.8, 4) is 11.5 Å². The van der Waals surface area contributed by atoms with Crippen LogP contribution in [0.2, 0.25) is 0 Å². The zero-order valence-electron chi connectivity index (χ0n) is 35.7. The van der Waals surface area contributed by atoms with Gasteiger partial charge in [-0.15, -0.1) is 0 Å². The number of phenolic OH excluding ortho intramolecular Hbond substituents is 2. The van der Waals surface area contributed by atoms with Crippen molar-refractivity contribution in [2.24, 2.45) is 9.98 Å². The summed E-state index contributed by atoms with van der Waals surface area (Å²) in [6, 6.07) is 75.8. The number of halogens is 2. The van der Waals surface area contributed by atoms with Crippen LogP contribution in [-0.4, -0.2) is 34.7 Å². The molecule has 0 amide bonds. The van der Waals surface area contributed by atoms with E-state index in [-0.39, 0.29) is 43.1 Å². The second kappa shape index (κ2) is 26.3. The van der Waals surface area contributed by atoms with Crippen LogP contribution in [-0.2, 0) is 19.5 Å². The van der Waals surface area contributed by atoms with Gasteiger partial charge in [0.2, 0.25) is 0 Å². The fraction of sp³-hybridized carbons (Fsp3) is 0.107. The molecule has 65 heavy (non-hydrogen) atoms. The molecular weight excluding hydrogens is 1060 g/mol. The van der Waals surface area contributed by atoms with Crippen LogP contribution in [0, 0.1) is 0 Å². The number of benzene rings is 8. The average Bonchev–Trinajstić information content (AvgIpc) is 3.35. The molecule has 0 radical (unpaired) electrons. The van der Waals surface area contributed by atoms with Crippen molar-refractivity contribution in [1.82, 2.24) is 0 Å². The van der Waals surface area contributed by atoms with Gasteiger partial charge in [0, 0.05) is 43.0 Å². The molecule has 1 aliphatic carbocycles. The Balaban J connectivity index is 0.000000163. The molecular formula is C56H50Br2N2O2P2Ru. The van der Waals surface area contributed by atoms with Gasteiger partial charge in [0.15, 0.2) is 0 Å². The van der Waals surface area contributed by atoms with Crippen LogP contribution in [0.15, 0.2) is 237 Å². The minimum atomic E-state index is -0.446. The van der Waals surface area contributed by atoms with Gasteiger partial charge in [-0.1, -0.05) is 207 Å². The Hall–Kier alpha value is -4.86. The first-order chi connectivity index (χ1) is 31.5. The molecule has 0 spiro atoms. The van der Waals surface area contributed by atoms with Gasteiger partial charge in [0.1, 0.15) is 11.5 Å². The van der Waals surface area contributed by atoms with Gasteiger partial charge in [-0.2, -0.15) is 0 Å². The summed E-state index contributed by atoms with van der Waals surface area (Å²) < 4.78 is 1.31. The monoisotopic (exact) mass is 1100 g/mol. The minimum Gasteiger partial charge on any atom is -0.506 e. The maximum atomic E-state index is 10.1. The van der Waals surface area contributed by atoms with Crippen molar-refractivity contribution >= 4 is 92.0 Å². The van der Waals surface area contributed by atoms with Crippen LogP contribution in [0.3, 0.4) is 0 Å². The van der Waals surface area contributed by atoms with Gasteiger partial charge in [-0.25, -0.2) is 0 Å². The molecule has 0 aromatic heterocycles. The van der Waals surface area contributed by atoms with Crippen LogP contribution in [0.4, 0.5) is 0 Å². The smallest absolute Gasteiger partial charge is 0.138 e. The maximum Gasteiger partial charge on any atom is 0.138 e. The van der Waals surface area contributed by atoms with Gasteiger partial charge in [-0.05, 0) is 117 Å². The van der Waals surface area contributed by atoms with Crippen LogP contribution in [0.1, 0.15) is 36.8 Å². The molecule has 4 nitrogen and oxygen atoms in total. The molecule has 0 unspecified atom stereocenters. The Morgan fingerprint density at radius 3 is 0.862 bits per heavy atom. The SMILES string of the molecule is Oc1c(Br)cccc1C=N[C@@H]1CCCC[C@H]1N=Cc1cccc(Br)c1O.[Ru].c1ccc(P(c2ccccc2)c2ccccc2)cc1.c1ccc(P(c2ccccc2)c2ccccc2)cc1. The fourth-order valence-electron chi connectivity index (χ4n) is 7.42. The Labute approximate surface area is 416 Å². The van der Waals surface area contributed by atoms with Crippen LogP contribution in [0.25, 0.3) is 0 Å². The molecule has 2 N–H and O–H groups in total. The van der Waals surface area contributed by atoms with Crippen molar-refractivity contribution in [1.29, 1.82) is 0 Å². The molecule has 1 aliphatic rings. The summed E-state index contributed by atoms with van der Waals surface area (Å²) in [7, 11) is -0.892. The third-order valence-electron chi connectivity index (χ3n) is 10.6. The molecule has 0 aliphatic heterocycles. The van der Waals surface area contributed by atoms with Crippen LogP contribution >= 0.6 is 47.7 Å². The van der Waals surface area contributed by atoms with Crippen molar-refractivity contribution in [3.05, 3.63) is 238 Å². The van der Waals surface area contributed by atoms with E-state index < -0.39 is 15.8 Å². The normalized spacial score (nSPS) is 14.5. The van der Waals surface area contributed by atoms with Crippen LogP contribution in [0.5, 0.6) is 11.5 Å². The van der Waals surface area contributed by atoms with Crippen molar-refractivity contribution in [2.75, 3.05) is 0 Å². The summed E-state index contributed by atoms with van der Waals surface area (Å²) in [4.78, 5) is 9.40. The summed E-state index contributed by atoms with van der Waals surface area (Å²) in [5, 5.41) is 28.6. The third kappa shape index (κ3) is 14.3. The van der Waals surface area contributed by atoms with Crippen molar-refractivity contribution < 1.29 is 29.7 Å². The summed E-state index contributed by atoms with van der Waals surface area (Å²) >= 11 is 6.65. The van der Waals surface area contributed by atoms with Gasteiger partial charge in [-0.3, -0.25) is 9.98 Å². The molecule has 9 rings (SSSR count). The van der Waals surface area contributed by atoms with E-state index in [1.54, 1.807) is 24.6 Å². The number of rotatable bonds is 10. The fourth-order valence-corrected chi connectivity index (χ4v) is 12.8. The number of nitrogens with zero attached hydrogens (tertiary/aromatic N) is 2. The van der Waals surface area contributed by atoms with E-state index in [1.165, 1.54) is 31.8 Å².